The Morgan fingerprint density at radius 3 is 0.868 bits per heavy atom. The Morgan fingerprint density at radius 2 is 0.605 bits per heavy atom. The topological polar surface area (TPSA) is 0 Å². The Kier molecular flexibility index (Phi) is 7.95. The van der Waals surface area contributed by atoms with Crippen LogP contribution in [0, 0.1) is 0 Å². The van der Waals surface area contributed by atoms with Crippen molar-refractivity contribution in [1.29, 1.82) is 0 Å². The van der Waals surface area contributed by atoms with E-state index in [1.807, 2.05) is 0 Å². The van der Waals surface area contributed by atoms with Crippen LogP contribution in [0.3, 0.4) is 0 Å². The zero-order valence-corrected chi connectivity index (χ0v) is 24.5. The highest BCUT2D eigenvalue weighted by atomic mass is 31.1. The van der Waals surface area contributed by atoms with Crippen LogP contribution in [0.1, 0.15) is 38.8 Å². The smallest absolute Gasteiger partial charge is 0.0178 e. The molecule has 0 radical (unpaired) electrons. The van der Waals surface area contributed by atoms with Crippen molar-refractivity contribution in [2.45, 2.75) is 38.0 Å². The van der Waals surface area contributed by atoms with Crippen molar-refractivity contribution in [2.75, 3.05) is 0 Å². The molecule has 190 valence electrons. The van der Waals surface area contributed by atoms with Gasteiger partial charge in [0.15, 0.2) is 0 Å². The molecule has 0 N–H and O–H groups in total. The maximum absolute atomic E-state index is 2.50. The standard InChI is InChI=1S/C36H36P2/c1-35(2,37(31-20-9-5-10-21-31)32-22-11-6-12-23-32)29-18-17-19-30(28-29)36(3,4)38(33-24-13-7-14-25-33)34-26-15-8-16-27-34/h5-28H,1-4H3. The van der Waals surface area contributed by atoms with Gasteiger partial charge < -0.3 is 0 Å². The van der Waals surface area contributed by atoms with Crippen LogP contribution >= 0.6 is 15.8 Å². The lowest BCUT2D eigenvalue weighted by molar-refractivity contribution is 0.743. The second-order valence-electron chi connectivity index (χ2n) is 10.7. The summed E-state index contributed by atoms with van der Waals surface area (Å²) in [5.74, 6) is 0. The van der Waals surface area contributed by atoms with Gasteiger partial charge in [-0.2, -0.15) is 0 Å². The van der Waals surface area contributed by atoms with Crippen LogP contribution in [-0.2, 0) is 10.3 Å². The average molecular weight is 531 g/mol. The fraction of sp³-hybridized carbons (Fsp3) is 0.167. The maximum atomic E-state index is 2.50. The first-order valence-electron chi connectivity index (χ1n) is 13.3. The monoisotopic (exact) mass is 530 g/mol. The maximum Gasteiger partial charge on any atom is 0.0178 e. The molecule has 0 aliphatic rings. The van der Waals surface area contributed by atoms with Crippen LogP contribution in [0.2, 0.25) is 0 Å². The minimum absolute atomic E-state index is 0.0492. The van der Waals surface area contributed by atoms with E-state index in [4.69, 9.17) is 0 Å². The second kappa shape index (κ2) is 11.4. The van der Waals surface area contributed by atoms with E-state index in [9.17, 15) is 0 Å². The molecule has 0 bridgehead atoms. The molecule has 0 saturated carbocycles. The SMILES string of the molecule is CC(C)(c1cccc(C(C)(C)P(c2ccccc2)c2ccccc2)c1)P(c1ccccc1)c1ccccc1. The van der Waals surface area contributed by atoms with Crippen LogP contribution in [0.4, 0.5) is 0 Å². The van der Waals surface area contributed by atoms with E-state index in [1.165, 1.54) is 32.3 Å². The van der Waals surface area contributed by atoms with Crippen molar-refractivity contribution in [3.8, 4) is 0 Å². The van der Waals surface area contributed by atoms with Gasteiger partial charge in [0.1, 0.15) is 0 Å². The molecule has 5 aromatic rings. The Labute approximate surface area is 231 Å². The summed E-state index contributed by atoms with van der Waals surface area (Å²) in [6.07, 6.45) is 0. The fourth-order valence-electron chi connectivity index (χ4n) is 5.44. The average Bonchev–Trinajstić information content (AvgIpc) is 2.95. The zero-order chi connectivity index (χ0) is 26.6. The van der Waals surface area contributed by atoms with Crippen LogP contribution in [0.15, 0.2) is 146 Å². The number of hydrogen-bond donors (Lipinski definition) is 0. The Bertz CT molecular complexity index is 1250. The highest BCUT2D eigenvalue weighted by Gasteiger charge is 2.37. The van der Waals surface area contributed by atoms with Crippen LogP contribution < -0.4 is 21.2 Å². The first-order valence-corrected chi connectivity index (χ1v) is 16.0. The van der Waals surface area contributed by atoms with Gasteiger partial charge in [-0.3, -0.25) is 0 Å². The van der Waals surface area contributed by atoms with E-state index in [1.54, 1.807) is 0 Å². The van der Waals surface area contributed by atoms with Gasteiger partial charge in [0.2, 0.25) is 0 Å². The quantitative estimate of drug-likeness (QED) is 0.177. The predicted molar refractivity (Wildman–Crippen MR) is 171 cm³/mol. The van der Waals surface area contributed by atoms with Gasteiger partial charge in [0.25, 0.3) is 0 Å². The molecular formula is C36H36P2. The molecule has 0 aromatic heterocycles. The van der Waals surface area contributed by atoms with E-state index in [-0.39, 0.29) is 10.3 Å². The van der Waals surface area contributed by atoms with Gasteiger partial charge in [-0.15, -0.1) is 0 Å². The van der Waals surface area contributed by atoms with E-state index in [0.29, 0.717) is 0 Å². The lowest BCUT2D eigenvalue weighted by Crippen LogP contribution is -2.29. The summed E-state index contributed by atoms with van der Waals surface area (Å²) in [4.78, 5) is 0. The molecule has 0 saturated heterocycles. The number of rotatable bonds is 8. The van der Waals surface area contributed by atoms with Gasteiger partial charge in [0.05, 0.1) is 0 Å². The largest absolute Gasteiger partial charge is 0.0622 e. The van der Waals surface area contributed by atoms with Crippen LogP contribution in [0.25, 0.3) is 0 Å². The van der Waals surface area contributed by atoms with Gasteiger partial charge >= 0.3 is 0 Å². The van der Waals surface area contributed by atoms with Crippen molar-refractivity contribution in [2.24, 2.45) is 0 Å². The highest BCUT2D eigenvalue weighted by molar-refractivity contribution is 7.74. The minimum atomic E-state index is -0.616. The fourth-order valence-corrected chi connectivity index (χ4v) is 11.3. The molecule has 0 nitrogen and oxygen atoms in total. The molecule has 0 aliphatic carbocycles. The summed E-state index contributed by atoms with van der Waals surface area (Å²) in [5, 5.41) is 5.57. The summed E-state index contributed by atoms with van der Waals surface area (Å²) in [6, 6.07) is 53.8. The van der Waals surface area contributed by atoms with Gasteiger partial charge in [0, 0.05) is 10.3 Å². The van der Waals surface area contributed by atoms with Crippen molar-refractivity contribution in [3.05, 3.63) is 157 Å². The third-order valence-electron chi connectivity index (χ3n) is 7.45. The molecule has 38 heavy (non-hydrogen) atoms. The van der Waals surface area contributed by atoms with E-state index >= 15 is 0 Å². The van der Waals surface area contributed by atoms with E-state index in [0.717, 1.165) is 0 Å². The lowest BCUT2D eigenvalue weighted by atomic mass is 9.94. The summed E-state index contributed by atoms with van der Waals surface area (Å²) < 4.78 is 0. The summed E-state index contributed by atoms with van der Waals surface area (Å²) in [6.45, 7) is 9.73. The minimum Gasteiger partial charge on any atom is -0.0622 e. The molecular weight excluding hydrogens is 494 g/mol. The van der Waals surface area contributed by atoms with E-state index in [2.05, 4.69) is 173 Å². The normalized spacial score (nSPS) is 12.2. The third-order valence-corrected chi connectivity index (χ3v) is 13.5. The molecule has 0 aliphatic heterocycles. The molecule has 0 amide bonds. The molecule has 0 atom stereocenters. The number of benzene rings is 5. The van der Waals surface area contributed by atoms with Gasteiger partial charge in [-0.1, -0.05) is 173 Å². The van der Waals surface area contributed by atoms with Crippen LogP contribution in [-0.4, -0.2) is 0 Å². The third kappa shape index (κ3) is 5.40. The van der Waals surface area contributed by atoms with E-state index < -0.39 is 15.8 Å². The molecule has 0 heterocycles. The summed E-state index contributed by atoms with van der Waals surface area (Å²) >= 11 is 0. The van der Waals surface area contributed by atoms with Gasteiger partial charge in [-0.05, 0) is 48.2 Å². The molecule has 0 unspecified atom stereocenters. The highest BCUT2D eigenvalue weighted by Crippen LogP contribution is 2.57. The van der Waals surface area contributed by atoms with Crippen LogP contribution in [0.5, 0.6) is 0 Å². The number of hydrogen-bond acceptors (Lipinski definition) is 0. The molecule has 0 spiro atoms. The Hall–Kier alpha value is -3.04. The van der Waals surface area contributed by atoms with Crippen molar-refractivity contribution >= 4 is 37.1 Å². The van der Waals surface area contributed by atoms with Crippen molar-refractivity contribution in [3.63, 3.8) is 0 Å². The molecule has 5 rings (SSSR count). The summed E-state index contributed by atoms with van der Waals surface area (Å²) in [5.41, 5.74) is 2.80. The Balaban J connectivity index is 1.61. The first kappa shape index (κ1) is 26.6. The second-order valence-corrected chi connectivity index (χ2v) is 16.4. The molecule has 0 fully saturated rings. The first-order chi connectivity index (χ1) is 18.4. The zero-order valence-electron chi connectivity index (χ0n) is 22.8. The predicted octanol–water partition coefficient (Wildman–Crippen LogP) is 8.42. The lowest BCUT2D eigenvalue weighted by Gasteiger charge is -2.39. The molecule has 2 heteroatoms. The van der Waals surface area contributed by atoms with Crippen molar-refractivity contribution in [1.82, 2.24) is 0 Å². The van der Waals surface area contributed by atoms with Crippen molar-refractivity contribution < 1.29 is 0 Å². The van der Waals surface area contributed by atoms with Gasteiger partial charge in [-0.25, -0.2) is 0 Å². The summed E-state index contributed by atoms with van der Waals surface area (Å²) in [7, 11) is -1.23. The Morgan fingerprint density at radius 1 is 0.342 bits per heavy atom. The molecule has 5 aromatic carbocycles.